The molecular formula is C10H11N3. The van der Waals surface area contributed by atoms with Crippen LogP contribution in [0.15, 0.2) is 24.3 Å². The van der Waals surface area contributed by atoms with E-state index in [1.165, 1.54) is 5.56 Å². The molecule has 0 aliphatic heterocycles. The van der Waals surface area contributed by atoms with Crippen molar-refractivity contribution in [3.63, 3.8) is 0 Å². The Kier molecular flexibility index (Phi) is 1.94. The number of nitrogens with two attached hydrogens (primary N) is 1. The second-order valence-corrected chi connectivity index (χ2v) is 3.10. The highest BCUT2D eigenvalue weighted by atomic mass is 15.1. The maximum absolute atomic E-state index is 5.48. The highest BCUT2D eigenvalue weighted by Gasteiger charge is 1.97. The van der Waals surface area contributed by atoms with Crippen LogP contribution in [0.1, 0.15) is 11.3 Å². The van der Waals surface area contributed by atoms with E-state index in [2.05, 4.69) is 23.2 Å². The number of nitrogens with zero attached hydrogens (tertiary/aromatic N) is 2. The summed E-state index contributed by atoms with van der Waals surface area (Å²) < 4.78 is 0. The molecule has 1 heterocycles. The summed E-state index contributed by atoms with van der Waals surface area (Å²) in [6, 6.07) is 8.07. The van der Waals surface area contributed by atoms with E-state index in [1.54, 1.807) is 0 Å². The van der Waals surface area contributed by atoms with E-state index in [9.17, 15) is 0 Å². The maximum atomic E-state index is 5.48. The molecule has 1 aromatic heterocycles. The van der Waals surface area contributed by atoms with Crippen LogP contribution >= 0.6 is 0 Å². The predicted molar refractivity (Wildman–Crippen MR) is 52.2 cm³/mol. The minimum Gasteiger partial charge on any atom is -0.325 e. The second-order valence-electron chi connectivity index (χ2n) is 3.10. The summed E-state index contributed by atoms with van der Waals surface area (Å²) in [6.45, 7) is 2.50. The van der Waals surface area contributed by atoms with Gasteiger partial charge < -0.3 is 5.73 Å². The first-order chi connectivity index (χ1) is 6.29. The standard InChI is InChI=1S/C10H11N3/c1-7-2-3-10-8(4-7)5-9(6-11)12-13-10/h2-5H,6,11H2,1H3. The molecule has 0 saturated carbocycles. The van der Waals surface area contributed by atoms with Crippen LogP contribution in [0.4, 0.5) is 0 Å². The number of aryl methyl sites for hydroxylation is 1. The number of fused-ring (bicyclic) bond motifs is 1. The lowest BCUT2D eigenvalue weighted by molar-refractivity contribution is 0.920. The van der Waals surface area contributed by atoms with Crippen LogP contribution in [-0.2, 0) is 6.54 Å². The Bertz CT molecular complexity index is 437. The van der Waals surface area contributed by atoms with Crippen molar-refractivity contribution < 1.29 is 0 Å². The van der Waals surface area contributed by atoms with E-state index < -0.39 is 0 Å². The Morgan fingerprint density at radius 1 is 1.23 bits per heavy atom. The third kappa shape index (κ3) is 1.51. The zero-order valence-corrected chi connectivity index (χ0v) is 7.49. The fourth-order valence-corrected chi connectivity index (χ4v) is 1.31. The number of hydrogen-bond acceptors (Lipinski definition) is 3. The Morgan fingerprint density at radius 2 is 2.08 bits per heavy atom. The van der Waals surface area contributed by atoms with E-state index in [0.29, 0.717) is 6.54 Å². The maximum Gasteiger partial charge on any atom is 0.0930 e. The van der Waals surface area contributed by atoms with Gasteiger partial charge in [-0.15, -0.1) is 0 Å². The van der Waals surface area contributed by atoms with Crippen molar-refractivity contribution in [3.8, 4) is 0 Å². The monoisotopic (exact) mass is 173 g/mol. The quantitative estimate of drug-likeness (QED) is 0.709. The molecule has 0 fully saturated rings. The minimum atomic E-state index is 0.441. The van der Waals surface area contributed by atoms with Gasteiger partial charge in [0.2, 0.25) is 0 Å². The molecule has 2 N–H and O–H groups in total. The van der Waals surface area contributed by atoms with E-state index in [0.717, 1.165) is 16.6 Å². The van der Waals surface area contributed by atoms with Crippen LogP contribution in [0.3, 0.4) is 0 Å². The van der Waals surface area contributed by atoms with Gasteiger partial charge in [-0.25, -0.2) is 0 Å². The topological polar surface area (TPSA) is 51.8 Å². The molecule has 3 nitrogen and oxygen atoms in total. The van der Waals surface area contributed by atoms with Crippen LogP contribution < -0.4 is 5.73 Å². The van der Waals surface area contributed by atoms with Gasteiger partial charge in [0, 0.05) is 11.9 Å². The smallest absolute Gasteiger partial charge is 0.0930 e. The van der Waals surface area contributed by atoms with Crippen LogP contribution in [0, 0.1) is 6.92 Å². The Morgan fingerprint density at radius 3 is 2.85 bits per heavy atom. The lowest BCUT2D eigenvalue weighted by Gasteiger charge is -1.99. The SMILES string of the molecule is Cc1ccc2nnc(CN)cc2c1. The summed E-state index contributed by atoms with van der Waals surface area (Å²) in [5.41, 5.74) is 8.45. The average Bonchev–Trinajstić information content (AvgIpc) is 2.16. The first-order valence-electron chi connectivity index (χ1n) is 4.22. The number of aromatic nitrogens is 2. The van der Waals surface area contributed by atoms with Crippen molar-refractivity contribution in [2.75, 3.05) is 0 Å². The molecule has 0 bridgehead atoms. The van der Waals surface area contributed by atoms with Gasteiger partial charge in [-0.3, -0.25) is 0 Å². The first-order valence-corrected chi connectivity index (χ1v) is 4.22. The van der Waals surface area contributed by atoms with Crippen LogP contribution in [0.25, 0.3) is 10.9 Å². The largest absolute Gasteiger partial charge is 0.325 e. The zero-order chi connectivity index (χ0) is 9.26. The van der Waals surface area contributed by atoms with Gasteiger partial charge in [0.05, 0.1) is 11.2 Å². The van der Waals surface area contributed by atoms with Gasteiger partial charge in [0.15, 0.2) is 0 Å². The Balaban J connectivity index is 2.68. The summed E-state index contributed by atoms with van der Waals surface area (Å²) in [5.74, 6) is 0. The van der Waals surface area contributed by atoms with E-state index in [4.69, 9.17) is 5.73 Å². The Labute approximate surface area is 76.6 Å². The second kappa shape index (κ2) is 3.11. The molecule has 0 aliphatic carbocycles. The third-order valence-electron chi connectivity index (χ3n) is 2.00. The third-order valence-corrected chi connectivity index (χ3v) is 2.00. The van der Waals surface area contributed by atoms with E-state index in [-0.39, 0.29) is 0 Å². The zero-order valence-electron chi connectivity index (χ0n) is 7.49. The highest BCUT2D eigenvalue weighted by molar-refractivity contribution is 5.78. The van der Waals surface area contributed by atoms with Crippen molar-refractivity contribution >= 4 is 10.9 Å². The predicted octanol–water partition coefficient (Wildman–Crippen LogP) is 1.40. The van der Waals surface area contributed by atoms with E-state index >= 15 is 0 Å². The fraction of sp³-hybridized carbons (Fsp3) is 0.200. The van der Waals surface area contributed by atoms with Gasteiger partial charge >= 0.3 is 0 Å². The lowest BCUT2D eigenvalue weighted by Crippen LogP contribution is -2.00. The van der Waals surface area contributed by atoms with Crippen molar-refractivity contribution in [1.82, 2.24) is 10.2 Å². The van der Waals surface area contributed by atoms with Crippen molar-refractivity contribution in [1.29, 1.82) is 0 Å². The summed E-state index contributed by atoms with van der Waals surface area (Å²) >= 11 is 0. The molecule has 0 amide bonds. The van der Waals surface area contributed by atoms with Crippen LogP contribution in [0.5, 0.6) is 0 Å². The molecule has 2 aromatic rings. The summed E-state index contributed by atoms with van der Waals surface area (Å²) in [6.07, 6.45) is 0. The van der Waals surface area contributed by atoms with Crippen molar-refractivity contribution in [2.24, 2.45) is 5.73 Å². The number of rotatable bonds is 1. The van der Waals surface area contributed by atoms with Crippen molar-refractivity contribution in [2.45, 2.75) is 13.5 Å². The molecule has 0 atom stereocenters. The number of benzene rings is 1. The normalized spacial score (nSPS) is 10.6. The average molecular weight is 173 g/mol. The molecule has 0 radical (unpaired) electrons. The van der Waals surface area contributed by atoms with Gasteiger partial charge in [0.1, 0.15) is 0 Å². The van der Waals surface area contributed by atoms with E-state index in [1.807, 2.05) is 18.2 Å². The summed E-state index contributed by atoms with van der Waals surface area (Å²) in [5, 5.41) is 9.15. The summed E-state index contributed by atoms with van der Waals surface area (Å²) in [4.78, 5) is 0. The van der Waals surface area contributed by atoms with Gasteiger partial charge in [-0.05, 0) is 25.1 Å². The molecule has 1 aromatic carbocycles. The molecule has 0 spiro atoms. The molecule has 3 heteroatoms. The molecule has 0 aliphatic rings. The molecule has 66 valence electrons. The fourth-order valence-electron chi connectivity index (χ4n) is 1.31. The van der Waals surface area contributed by atoms with Crippen LogP contribution in [-0.4, -0.2) is 10.2 Å². The molecule has 2 rings (SSSR count). The van der Waals surface area contributed by atoms with Gasteiger partial charge in [-0.2, -0.15) is 10.2 Å². The Hall–Kier alpha value is -1.48. The first kappa shape index (κ1) is 8.13. The molecule has 0 unspecified atom stereocenters. The molecule has 0 saturated heterocycles. The van der Waals surface area contributed by atoms with Gasteiger partial charge in [0.25, 0.3) is 0 Å². The summed E-state index contributed by atoms with van der Waals surface area (Å²) in [7, 11) is 0. The highest BCUT2D eigenvalue weighted by Crippen LogP contribution is 2.13. The van der Waals surface area contributed by atoms with Gasteiger partial charge in [-0.1, -0.05) is 11.6 Å². The number of hydrogen-bond donors (Lipinski definition) is 1. The van der Waals surface area contributed by atoms with Crippen LogP contribution in [0.2, 0.25) is 0 Å². The molecular weight excluding hydrogens is 162 g/mol. The minimum absolute atomic E-state index is 0.441. The lowest BCUT2D eigenvalue weighted by atomic mass is 10.1. The molecule has 13 heavy (non-hydrogen) atoms. The van der Waals surface area contributed by atoms with Crippen molar-refractivity contribution in [3.05, 3.63) is 35.5 Å².